The Morgan fingerprint density at radius 3 is 2.53 bits per heavy atom. The van der Waals surface area contributed by atoms with Gasteiger partial charge in [0.1, 0.15) is 5.01 Å². The van der Waals surface area contributed by atoms with Crippen molar-refractivity contribution in [3.8, 4) is 11.3 Å². The normalized spacial score (nSPS) is 12.7. The first-order chi connectivity index (χ1) is 7.16. The van der Waals surface area contributed by atoms with Crippen LogP contribution in [0.5, 0.6) is 0 Å². The Labute approximate surface area is 92.2 Å². The summed E-state index contributed by atoms with van der Waals surface area (Å²) in [7, 11) is 0. The molecule has 1 heterocycles. The minimum absolute atomic E-state index is 0.547. The summed E-state index contributed by atoms with van der Waals surface area (Å²) in [6.45, 7) is 2.04. The zero-order valence-electron chi connectivity index (χ0n) is 8.34. The topological polar surface area (TPSA) is 59.1 Å². The molecular formula is C11H12N2OS. The first-order valence-corrected chi connectivity index (χ1v) is 5.51. The maximum atomic E-state index is 9.15. The SMILES string of the molecule is Cc1ccc(-c2csc(C(N)O)n2)cc1. The molecular weight excluding hydrogens is 208 g/mol. The van der Waals surface area contributed by atoms with Crippen LogP contribution < -0.4 is 5.73 Å². The van der Waals surface area contributed by atoms with E-state index < -0.39 is 6.23 Å². The van der Waals surface area contributed by atoms with Crippen molar-refractivity contribution in [1.29, 1.82) is 0 Å². The number of nitrogens with zero attached hydrogens (tertiary/aromatic N) is 1. The van der Waals surface area contributed by atoms with Crippen LogP contribution in [0.25, 0.3) is 11.3 Å². The van der Waals surface area contributed by atoms with E-state index in [-0.39, 0.29) is 0 Å². The second-order valence-corrected chi connectivity index (χ2v) is 4.27. The molecule has 0 saturated heterocycles. The van der Waals surface area contributed by atoms with Crippen LogP contribution in [0.15, 0.2) is 29.6 Å². The highest BCUT2D eigenvalue weighted by atomic mass is 32.1. The first kappa shape index (κ1) is 10.3. The molecule has 0 spiro atoms. The molecule has 0 bridgehead atoms. The number of aryl methyl sites for hydroxylation is 1. The van der Waals surface area contributed by atoms with Gasteiger partial charge in [0, 0.05) is 10.9 Å². The molecule has 0 aliphatic carbocycles. The van der Waals surface area contributed by atoms with Crippen molar-refractivity contribution in [3.63, 3.8) is 0 Å². The second kappa shape index (κ2) is 4.10. The zero-order valence-corrected chi connectivity index (χ0v) is 9.16. The number of aromatic nitrogens is 1. The molecule has 0 radical (unpaired) electrons. The highest BCUT2D eigenvalue weighted by Gasteiger charge is 2.08. The lowest BCUT2D eigenvalue weighted by molar-refractivity contribution is 0.186. The van der Waals surface area contributed by atoms with Gasteiger partial charge in [-0.3, -0.25) is 0 Å². The molecule has 15 heavy (non-hydrogen) atoms. The minimum atomic E-state index is -0.978. The van der Waals surface area contributed by atoms with Crippen molar-refractivity contribution in [2.45, 2.75) is 13.2 Å². The number of aliphatic hydroxyl groups is 1. The van der Waals surface area contributed by atoms with E-state index in [9.17, 15) is 0 Å². The minimum Gasteiger partial charge on any atom is -0.372 e. The van der Waals surface area contributed by atoms with E-state index in [4.69, 9.17) is 10.8 Å². The van der Waals surface area contributed by atoms with Gasteiger partial charge in [-0.05, 0) is 6.92 Å². The maximum absolute atomic E-state index is 9.15. The number of benzene rings is 1. The van der Waals surface area contributed by atoms with Crippen LogP contribution >= 0.6 is 11.3 Å². The predicted octanol–water partition coefficient (Wildman–Crippen LogP) is 2.07. The van der Waals surface area contributed by atoms with Crippen LogP contribution in [-0.4, -0.2) is 10.1 Å². The van der Waals surface area contributed by atoms with E-state index in [0.29, 0.717) is 5.01 Å². The lowest BCUT2D eigenvalue weighted by Gasteiger charge is -1.98. The fourth-order valence-electron chi connectivity index (χ4n) is 1.28. The van der Waals surface area contributed by atoms with Crippen LogP contribution in [0.1, 0.15) is 16.8 Å². The van der Waals surface area contributed by atoms with Crippen molar-refractivity contribution < 1.29 is 5.11 Å². The van der Waals surface area contributed by atoms with Gasteiger partial charge in [0.25, 0.3) is 0 Å². The third-order valence-corrected chi connectivity index (χ3v) is 3.04. The summed E-state index contributed by atoms with van der Waals surface area (Å²) in [6.07, 6.45) is -0.978. The molecule has 4 heteroatoms. The quantitative estimate of drug-likeness (QED) is 0.762. The van der Waals surface area contributed by atoms with Crippen molar-refractivity contribution in [1.82, 2.24) is 4.98 Å². The number of thiazole rings is 1. The lowest BCUT2D eigenvalue weighted by atomic mass is 10.1. The van der Waals surface area contributed by atoms with Crippen LogP contribution in [0.3, 0.4) is 0 Å². The molecule has 1 aromatic heterocycles. The van der Waals surface area contributed by atoms with Crippen molar-refractivity contribution in [2.75, 3.05) is 0 Å². The smallest absolute Gasteiger partial charge is 0.155 e. The van der Waals surface area contributed by atoms with E-state index in [1.165, 1.54) is 16.9 Å². The lowest BCUT2D eigenvalue weighted by Crippen LogP contribution is -2.07. The van der Waals surface area contributed by atoms with Gasteiger partial charge in [0.05, 0.1) is 5.69 Å². The maximum Gasteiger partial charge on any atom is 0.155 e. The Kier molecular flexibility index (Phi) is 2.81. The second-order valence-electron chi connectivity index (χ2n) is 3.38. The third-order valence-electron chi connectivity index (χ3n) is 2.12. The average Bonchev–Trinajstić information content (AvgIpc) is 2.68. The van der Waals surface area contributed by atoms with E-state index in [2.05, 4.69) is 4.98 Å². The highest BCUT2D eigenvalue weighted by molar-refractivity contribution is 7.10. The molecule has 78 valence electrons. The molecule has 0 aliphatic heterocycles. The Bertz CT molecular complexity index is 448. The van der Waals surface area contributed by atoms with Gasteiger partial charge in [-0.2, -0.15) is 0 Å². The van der Waals surface area contributed by atoms with Gasteiger partial charge in [-0.1, -0.05) is 29.8 Å². The molecule has 0 fully saturated rings. The summed E-state index contributed by atoms with van der Waals surface area (Å²) >= 11 is 1.37. The zero-order chi connectivity index (χ0) is 10.8. The van der Waals surface area contributed by atoms with Crippen LogP contribution in [-0.2, 0) is 0 Å². The first-order valence-electron chi connectivity index (χ1n) is 4.63. The number of rotatable bonds is 2. The fourth-order valence-corrected chi connectivity index (χ4v) is 1.99. The van der Waals surface area contributed by atoms with Crippen LogP contribution in [0, 0.1) is 6.92 Å². The summed E-state index contributed by atoms with van der Waals surface area (Å²) < 4.78 is 0. The molecule has 3 N–H and O–H groups in total. The summed E-state index contributed by atoms with van der Waals surface area (Å²) in [5.74, 6) is 0. The average molecular weight is 220 g/mol. The van der Waals surface area contributed by atoms with Gasteiger partial charge in [-0.15, -0.1) is 11.3 Å². The van der Waals surface area contributed by atoms with E-state index in [1.54, 1.807) is 0 Å². The monoisotopic (exact) mass is 220 g/mol. The van der Waals surface area contributed by atoms with Gasteiger partial charge >= 0.3 is 0 Å². The summed E-state index contributed by atoms with van der Waals surface area (Å²) in [6, 6.07) is 8.09. The summed E-state index contributed by atoms with van der Waals surface area (Å²) in [4.78, 5) is 4.25. The standard InChI is InChI=1S/C11H12N2OS/c1-7-2-4-8(5-3-7)9-6-15-11(13-9)10(12)14/h2-6,10,14H,12H2,1H3. The number of aliphatic hydroxyl groups excluding tert-OH is 1. The van der Waals surface area contributed by atoms with Gasteiger partial charge in [0.15, 0.2) is 6.23 Å². The summed E-state index contributed by atoms with van der Waals surface area (Å²) in [5, 5.41) is 11.6. The van der Waals surface area contributed by atoms with Crippen molar-refractivity contribution in [2.24, 2.45) is 5.73 Å². The van der Waals surface area contributed by atoms with E-state index in [1.807, 2.05) is 36.6 Å². The molecule has 2 rings (SSSR count). The van der Waals surface area contributed by atoms with E-state index >= 15 is 0 Å². The Morgan fingerprint density at radius 1 is 1.33 bits per heavy atom. The largest absolute Gasteiger partial charge is 0.372 e. The number of nitrogens with two attached hydrogens (primary N) is 1. The van der Waals surface area contributed by atoms with Gasteiger partial charge in [-0.25, -0.2) is 4.98 Å². The molecule has 1 aromatic carbocycles. The predicted molar refractivity (Wildman–Crippen MR) is 61.4 cm³/mol. The third kappa shape index (κ3) is 2.23. The molecule has 0 saturated carbocycles. The van der Waals surface area contributed by atoms with E-state index in [0.717, 1.165) is 11.3 Å². The fraction of sp³-hybridized carbons (Fsp3) is 0.182. The molecule has 3 nitrogen and oxygen atoms in total. The molecule has 1 unspecified atom stereocenters. The number of hydrogen-bond acceptors (Lipinski definition) is 4. The van der Waals surface area contributed by atoms with Crippen molar-refractivity contribution in [3.05, 3.63) is 40.2 Å². The highest BCUT2D eigenvalue weighted by Crippen LogP contribution is 2.23. The van der Waals surface area contributed by atoms with Crippen LogP contribution in [0.4, 0.5) is 0 Å². The molecule has 0 amide bonds. The van der Waals surface area contributed by atoms with Crippen molar-refractivity contribution >= 4 is 11.3 Å². The Morgan fingerprint density at radius 2 is 2.00 bits per heavy atom. The molecule has 2 aromatic rings. The summed E-state index contributed by atoms with van der Waals surface area (Å²) in [5.41, 5.74) is 8.45. The van der Waals surface area contributed by atoms with Gasteiger partial charge < -0.3 is 10.8 Å². The number of hydrogen-bond donors (Lipinski definition) is 2. The Hall–Kier alpha value is -1.23. The van der Waals surface area contributed by atoms with Crippen LogP contribution in [0.2, 0.25) is 0 Å². The Balaban J connectivity index is 2.33. The van der Waals surface area contributed by atoms with Gasteiger partial charge in [0.2, 0.25) is 0 Å². The molecule has 1 atom stereocenters. The molecule has 0 aliphatic rings.